The van der Waals surface area contributed by atoms with Gasteiger partial charge in [0, 0.05) is 43.0 Å². The van der Waals surface area contributed by atoms with Crippen LogP contribution in [-0.2, 0) is 9.59 Å². The van der Waals surface area contributed by atoms with E-state index in [0.717, 1.165) is 0 Å². The summed E-state index contributed by atoms with van der Waals surface area (Å²) in [5, 5.41) is 17.6. The van der Waals surface area contributed by atoms with Gasteiger partial charge in [0.05, 0.1) is 30.9 Å². The molecule has 0 heterocycles. The molecule has 12 heteroatoms. The van der Waals surface area contributed by atoms with E-state index in [2.05, 4.69) is 27.7 Å². The molecule has 1 fully saturated rings. The van der Waals surface area contributed by atoms with Gasteiger partial charge in [0.2, 0.25) is 0 Å². The maximum Gasteiger partial charge on any atom is 0.331 e. The van der Waals surface area contributed by atoms with Crippen LogP contribution in [0.25, 0.3) is 0 Å². The van der Waals surface area contributed by atoms with Gasteiger partial charge in [0.1, 0.15) is 11.5 Å². The van der Waals surface area contributed by atoms with Gasteiger partial charge in [-0.25, -0.2) is 4.79 Å². The van der Waals surface area contributed by atoms with E-state index >= 15 is 0 Å². The molecular formula is C26H35N5O7. The predicted molar refractivity (Wildman–Crippen MR) is 142 cm³/mol. The molecule has 1 saturated carbocycles. The van der Waals surface area contributed by atoms with E-state index < -0.39 is 23.7 Å². The van der Waals surface area contributed by atoms with Gasteiger partial charge < -0.3 is 36.3 Å². The lowest BCUT2D eigenvalue weighted by atomic mass is 9.90. The number of nitrogens with two attached hydrogens (primary N) is 1. The molecule has 6 N–H and O–H groups in total. The lowest BCUT2D eigenvalue weighted by Gasteiger charge is -2.30. The zero-order valence-electron chi connectivity index (χ0n) is 21.8. The van der Waals surface area contributed by atoms with Crippen LogP contribution < -0.4 is 31.2 Å². The summed E-state index contributed by atoms with van der Waals surface area (Å²) in [5.41, 5.74) is 5.92. The number of nitrogens with one attached hydrogen (secondary N) is 3. The van der Waals surface area contributed by atoms with Crippen molar-refractivity contribution in [1.29, 1.82) is 0 Å². The lowest BCUT2D eigenvalue weighted by Crippen LogP contribution is -2.44. The van der Waals surface area contributed by atoms with Crippen LogP contribution in [0.5, 0.6) is 11.5 Å². The van der Waals surface area contributed by atoms with Gasteiger partial charge in [-0.05, 0) is 51.5 Å². The number of carboxylic acids is 1. The second kappa shape index (κ2) is 14.5. The van der Waals surface area contributed by atoms with Crippen LogP contribution in [0.4, 0.5) is 0 Å². The van der Waals surface area contributed by atoms with Crippen molar-refractivity contribution in [1.82, 2.24) is 16.0 Å². The molecule has 0 radical (unpaired) electrons. The fourth-order valence-corrected chi connectivity index (χ4v) is 4.00. The Morgan fingerprint density at radius 2 is 1.58 bits per heavy atom. The molecule has 38 heavy (non-hydrogen) atoms. The summed E-state index contributed by atoms with van der Waals surface area (Å²) >= 11 is 0. The van der Waals surface area contributed by atoms with Crippen molar-refractivity contribution in [2.45, 2.75) is 44.7 Å². The van der Waals surface area contributed by atoms with E-state index in [1.165, 1.54) is 45.6 Å². The van der Waals surface area contributed by atoms with Crippen LogP contribution in [0.15, 0.2) is 40.5 Å². The highest BCUT2D eigenvalue weighted by molar-refractivity contribution is 6.03. The highest BCUT2D eigenvalue weighted by Crippen LogP contribution is 2.30. The summed E-state index contributed by atoms with van der Waals surface area (Å²) in [6, 6.07) is 2.60. The van der Waals surface area contributed by atoms with Gasteiger partial charge in [-0.1, -0.05) is 0 Å². The fraction of sp³-hybridized carbons (Fsp3) is 0.423. The smallest absolute Gasteiger partial charge is 0.331 e. The molecule has 12 nitrogen and oxygen atoms in total. The third-order valence-corrected chi connectivity index (χ3v) is 6.04. The molecule has 0 bridgehead atoms. The van der Waals surface area contributed by atoms with E-state index in [9.17, 15) is 19.2 Å². The van der Waals surface area contributed by atoms with Crippen molar-refractivity contribution in [3.05, 3.63) is 46.7 Å². The van der Waals surface area contributed by atoms with Crippen LogP contribution in [0.1, 0.15) is 53.3 Å². The molecule has 0 aliphatic heterocycles. The SMILES string of the molecule is C=N/C=C(\C=C(/C)C(=O)O)C(=O)N[C@H]1CC[C@H](NC(=O)c2cc(C(=O)NCCN)c(OC)cc2OC)CC1. The number of ether oxygens (including phenoxy) is 2. The number of amides is 3. The largest absolute Gasteiger partial charge is 0.496 e. The average Bonchev–Trinajstić information content (AvgIpc) is 2.91. The molecule has 1 aromatic rings. The number of carbonyl (C=O) groups excluding carboxylic acids is 3. The molecule has 0 unspecified atom stereocenters. The minimum Gasteiger partial charge on any atom is -0.496 e. The first kappa shape index (κ1) is 30.0. The molecule has 0 atom stereocenters. The van der Waals surface area contributed by atoms with Crippen molar-refractivity contribution >= 4 is 30.4 Å². The molecule has 0 aromatic heterocycles. The number of carbonyl (C=O) groups is 4. The van der Waals surface area contributed by atoms with Crippen molar-refractivity contribution in [3.63, 3.8) is 0 Å². The zero-order chi connectivity index (χ0) is 28.2. The highest BCUT2D eigenvalue weighted by Gasteiger charge is 2.27. The number of aliphatic carboxylic acids is 1. The van der Waals surface area contributed by atoms with E-state index in [4.69, 9.17) is 20.3 Å². The Kier molecular flexibility index (Phi) is 11.5. The molecule has 2 rings (SSSR count). The summed E-state index contributed by atoms with van der Waals surface area (Å²) in [5.74, 6) is -1.89. The zero-order valence-corrected chi connectivity index (χ0v) is 21.8. The summed E-state index contributed by atoms with van der Waals surface area (Å²) < 4.78 is 10.7. The Morgan fingerprint density at radius 1 is 1.03 bits per heavy atom. The van der Waals surface area contributed by atoms with Gasteiger partial charge in [-0.2, -0.15) is 0 Å². The predicted octanol–water partition coefficient (Wildman–Crippen LogP) is 1.16. The minimum atomic E-state index is -1.14. The van der Waals surface area contributed by atoms with Crippen molar-refractivity contribution in [3.8, 4) is 11.5 Å². The summed E-state index contributed by atoms with van der Waals surface area (Å²) in [7, 11) is 2.84. The molecular weight excluding hydrogens is 494 g/mol. The molecule has 1 aromatic carbocycles. The van der Waals surface area contributed by atoms with Crippen LogP contribution in [0.2, 0.25) is 0 Å². The number of aliphatic imine (C=N–C) groups is 1. The van der Waals surface area contributed by atoms with Crippen molar-refractivity contribution < 1.29 is 33.8 Å². The number of benzene rings is 1. The first-order valence-corrected chi connectivity index (χ1v) is 12.1. The number of hydrogen-bond donors (Lipinski definition) is 5. The standard InChI is InChI=1S/C26H35N5O7/c1-15(26(35)36)11-16(14-28-2)23(32)30-17-5-7-18(8-6-17)31-25(34)20-12-19(24(33)29-10-9-27)21(37-3)13-22(20)38-4/h11-14,17-18H,2,5-10,27H2,1,3-4H3,(H,29,33)(H,30,32)(H,31,34)(H,35,36)/b15-11+,16-14+/t17-,18-. The Balaban J connectivity index is 2.06. The second-order valence-corrected chi connectivity index (χ2v) is 8.69. The Morgan fingerprint density at radius 3 is 2.08 bits per heavy atom. The number of hydrogen-bond acceptors (Lipinski definition) is 8. The summed E-state index contributed by atoms with van der Waals surface area (Å²) in [6.45, 7) is 5.25. The first-order valence-electron chi connectivity index (χ1n) is 12.1. The first-order chi connectivity index (χ1) is 18.1. The second-order valence-electron chi connectivity index (χ2n) is 8.69. The third kappa shape index (κ3) is 8.17. The van der Waals surface area contributed by atoms with Gasteiger partial charge in [0.15, 0.2) is 0 Å². The topological polar surface area (TPSA) is 181 Å². The van der Waals surface area contributed by atoms with Gasteiger partial charge in [0.25, 0.3) is 17.7 Å². The summed E-state index contributed by atoms with van der Waals surface area (Å²) in [6.07, 6.45) is 4.84. The van der Waals surface area contributed by atoms with Crippen LogP contribution >= 0.6 is 0 Å². The number of nitrogens with zero attached hydrogens (tertiary/aromatic N) is 1. The average molecular weight is 530 g/mol. The molecule has 0 saturated heterocycles. The Bertz CT molecular complexity index is 1120. The molecule has 1 aliphatic carbocycles. The fourth-order valence-electron chi connectivity index (χ4n) is 4.00. The monoisotopic (exact) mass is 529 g/mol. The lowest BCUT2D eigenvalue weighted by molar-refractivity contribution is -0.132. The minimum absolute atomic E-state index is 0.00421. The van der Waals surface area contributed by atoms with Gasteiger partial charge in [-0.3, -0.25) is 19.4 Å². The van der Waals surface area contributed by atoms with E-state index in [0.29, 0.717) is 25.7 Å². The van der Waals surface area contributed by atoms with Crippen molar-refractivity contribution in [2.75, 3.05) is 27.3 Å². The van der Waals surface area contributed by atoms with Crippen LogP contribution in [0.3, 0.4) is 0 Å². The van der Waals surface area contributed by atoms with Crippen molar-refractivity contribution in [2.24, 2.45) is 10.7 Å². The normalized spacial score (nSPS) is 17.7. The number of carboxylic acid groups (broad SMARTS) is 1. The van der Waals surface area contributed by atoms with Crippen LogP contribution in [-0.4, -0.2) is 74.9 Å². The summed E-state index contributed by atoms with van der Waals surface area (Å²) in [4.78, 5) is 53.0. The van der Waals surface area contributed by atoms with E-state index in [1.54, 1.807) is 0 Å². The number of rotatable bonds is 12. The van der Waals surface area contributed by atoms with E-state index in [1.807, 2.05) is 0 Å². The molecule has 3 amide bonds. The Labute approximate surface area is 221 Å². The molecule has 1 aliphatic rings. The van der Waals surface area contributed by atoms with Gasteiger partial charge in [-0.15, -0.1) is 0 Å². The Hall–Kier alpha value is -4.19. The van der Waals surface area contributed by atoms with E-state index in [-0.39, 0.29) is 58.9 Å². The molecule has 0 spiro atoms. The van der Waals surface area contributed by atoms with Gasteiger partial charge >= 0.3 is 5.97 Å². The maximum absolute atomic E-state index is 13.1. The third-order valence-electron chi connectivity index (χ3n) is 6.04. The quantitative estimate of drug-likeness (QED) is 0.152. The highest BCUT2D eigenvalue weighted by atomic mass is 16.5. The molecule has 206 valence electrons. The maximum atomic E-state index is 13.1. The number of methoxy groups -OCH3 is 2. The van der Waals surface area contributed by atoms with Crippen LogP contribution in [0, 0.1) is 0 Å².